The molecule has 0 aliphatic rings. The van der Waals surface area contributed by atoms with E-state index in [1.54, 1.807) is 0 Å². The van der Waals surface area contributed by atoms with Gasteiger partial charge in [0, 0.05) is 65.4 Å². The van der Waals surface area contributed by atoms with Gasteiger partial charge in [-0.25, -0.2) is 4.99 Å². The van der Waals surface area contributed by atoms with Gasteiger partial charge in [-0.2, -0.15) is 5.10 Å². The summed E-state index contributed by atoms with van der Waals surface area (Å²) >= 11 is 0. The Labute approximate surface area is 250 Å². The Morgan fingerprint density at radius 3 is 2.05 bits per heavy atom. The second-order valence-electron chi connectivity index (χ2n) is 10.5. The number of pyridine rings is 2. The average molecular weight is 556 g/mol. The van der Waals surface area contributed by atoms with E-state index in [1.807, 2.05) is 60.5 Å². The number of fused-ring (bicyclic) bond motifs is 1. The number of rotatable bonds is 7. The van der Waals surface area contributed by atoms with Crippen molar-refractivity contribution in [2.75, 3.05) is 0 Å². The summed E-state index contributed by atoms with van der Waals surface area (Å²) < 4.78 is 1.86. The van der Waals surface area contributed by atoms with E-state index in [0.717, 1.165) is 61.5 Å². The van der Waals surface area contributed by atoms with Crippen LogP contribution in [-0.4, -0.2) is 25.5 Å². The second-order valence-corrected chi connectivity index (χ2v) is 10.5. The predicted octanol–water partition coefficient (Wildman–Crippen LogP) is 8.46. The SMILES string of the molecule is Cn1cc(-c2ccncc2)c(-c2ccc(Cc3cc(N=C(c4ccccc4)c4ccccc4)c4ccccc4n3)cc2)n1. The highest BCUT2D eigenvalue weighted by Crippen LogP contribution is 2.32. The summed E-state index contributed by atoms with van der Waals surface area (Å²) in [5, 5.41) is 5.80. The Morgan fingerprint density at radius 2 is 1.35 bits per heavy atom. The van der Waals surface area contributed by atoms with E-state index in [4.69, 9.17) is 15.1 Å². The topological polar surface area (TPSA) is 56.0 Å². The van der Waals surface area contributed by atoms with Gasteiger partial charge in [0.05, 0.1) is 16.9 Å². The lowest BCUT2D eigenvalue weighted by Gasteiger charge is -2.11. The highest BCUT2D eigenvalue weighted by Gasteiger charge is 2.14. The summed E-state index contributed by atoms with van der Waals surface area (Å²) in [7, 11) is 1.95. The summed E-state index contributed by atoms with van der Waals surface area (Å²) in [6, 6.07) is 43.7. The molecule has 0 amide bonds. The van der Waals surface area contributed by atoms with Crippen molar-refractivity contribution in [2.24, 2.45) is 12.0 Å². The molecule has 0 aliphatic carbocycles. The van der Waals surface area contributed by atoms with E-state index >= 15 is 0 Å². The molecule has 0 N–H and O–H groups in total. The van der Waals surface area contributed by atoms with Crippen LogP contribution in [0.15, 0.2) is 151 Å². The standard InChI is InChI=1S/C38H29N5/c1-43-26-34(28-20-22-39-23-21-28)38(42-43)31-18-16-27(17-19-31)24-32-25-36(33-14-8-9-15-35(33)40-32)41-37(29-10-4-2-5-11-29)30-12-6-3-7-13-30/h2-23,25-26H,24H2,1H3. The molecule has 0 radical (unpaired) electrons. The fourth-order valence-corrected chi connectivity index (χ4v) is 5.44. The summed E-state index contributed by atoms with van der Waals surface area (Å²) in [6.45, 7) is 0. The van der Waals surface area contributed by atoms with Gasteiger partial charge >= 0.3 is 0 Å². The minimum absolute atomic E-state index is 0.694. The number of nitrogens with zero attached hydrogens (tertiary/aromatic N) is 5. The summed E-state index contributed by atoms with van der Waals surface area (Å²) in [4.78, 5) is 14.5. The number of benzene rings is 4. The van der Waals surface area contributed by atoms with Gasteiger partial charge < -0.3 is 0 Å². The largest absolute Gasteiger partial charge is 0.275 e. The number of hydrogen-bond donors (Lipinski definition) is 0. The third-order valence-corrected chi connectivity index (χ3v) is 7.51. The lowest BCUT2D eigenvalue weighted by atomic mass is 10.00. The molecular weight excluding hydrogens is 526 g/mol. The van der Waals surface area contributed by atoms with Crippen molar-refractivity contribution in [3.05, 3.63) is 168 Å². The Balaban J connectivity index is 1.25. The van der Waals surface area contributed by atoms with E-state index in [0.29, 0.717) is 6.42 Å². The maximum Gasteiger partial charge on any atom is 0.100 e. The van der Waals surface area contributed by atoms with E-state index in [-0.39, 0.29) is 0 Å². The van der Waals surface area contributed by atoms with Gasteiger partial charge in [-0.15, -0.1) is 0 Å². The molecule has 206 valence electrons. The molecule has 3 heterocycles. The van der Waals surface area contributed by atoms with Gasteiger partial charge in [-0.1, -0.05) is 103 Å². The van der Waals surface area contributed by atoms with Gasteiger partial charge in [0.15, 0.2) is 0 Å². The zero-order valence-corrected chi connectivity index (χ0v) is 23.8. The normalized spacial score (nSPS) is 11.0. The molecule has 0 saturated heterocycles. The van der Waals surface area contributed by atoms with Crippen LogP contribution in [0.5, 0.6) is 0 Å². The minimum atomic E-state index is 0.694. The number of para-hydroxylation sites is 1. The molecule has 3 aromatic heterocycles. The van der Waals surface area contributed by atoms with Crippen LogP contribution >= 0.6 is 0 Å². The number of aryl methyl sites for hydroxylation is 1. The lowest BCUT2D eigenvalue weighted by molar-refractivity contribution is 0.771. The molecule has 0 unspecified atom stereocenters. The monoisotopic (exact) mass is 555 g/mol. The summed E-state index contributed by atoms with van der Waals surface area (Å²) in [6.07, 6.45) is 6.37. The van der Waals surface area contributed by atoms with Gasteiger partial charge in [-0.3, -0.25) is 14.6 Å². The van der Waals surface area contributed by atoms with Crippen LogP contribution in [0.2, 0.25) is 0 Å². The van der Waals surface area contributed by atoms with Crippen molar-refractivity contribution in [1.82, 2.24) is 19.7 Å². The lowest BCUT2D eigenvalue weighted by Crippen LogP contribution is -2.03. The Kier molecular flexibility index (Phi) is 7.12. The van der Waals surface area contributed by atoms with E-state index in [9.17, 15) is 0 Å². The fourth-order valence-electron chi connectivity index (χ4n) is 5.44. The summed E-state index contributed by atoms with van der Waals surface area (Å²) in [5.41, 5.74) is 11.3. The first-order valence-corrected chi connectivity index (χ1v) is 14.3. The Bertz CT molecular complexity index is 1990. The van der Waals surface area contributed by atoms with E-state index in [1.165, 1.54) is 5.56 Å². The first-order valence-electron chi connectivity index (χ1n) is 14.3. The third-order valence-electron chi connectivity index (χ3n) is 7.51. The molecule has 5 heteroatoms. The zero-order valence-electron chi connectivity index (χ0n) is 23.8. The van der Waals surface area contributed by atoms with Crippen LogP contribution in [0.1, 0.15) is 22.4 Å². The molecule has 0 aliphatic heterocycles. The maximum absolute atomic E-state index is 5.29. The van der Waals surface area contributed by atoms with Crippen molar-refractivity contribution in [3.63, 3.8) is 0 Å². The highest BCUT2D eigenvalue weighted by molar-refractivity contribution is 6.14. The van der Waals surface area contributed by atoms with Gasteiger partial charge in [0.2, 0.25) is 0 Å². The molecule has 4 aromatic carbocycles. The molecule has 0 fully saturated rings. The number of aliphatic imine (C=N–C) groups is 1. The van der Waals surface area contributed by atoms with Crippen LogP contribution in [0.3, 0.4) is 0 Å². The van der Waals surface area contributed by atoms with Crippen molar-refractivity contribution in [2.45, 2.75) is 6.42 Å². The average Bonchev–Trinajstić information content (AvgIpc) is 3.46. The molecule has 0 spiro atoms. The van der Waals surface area contributed by atoms with Crippen LogP contribution < -0.4 is 0 Å². The van der Waals surface area contributed by atoms with Crippen molar-refractivity contribution < 1.29 is 0 Å². The molecule has 5 nitrogen and oxygen atoms in total. The van der Waals surface area contributed by atoms with Crippen molar-refractivity contribution >= 4 is 22.3 Å². The van der Waals surface area contributed by atoms with E-state index in [2.05, 4.69) is 102 Å². The zero-order chi connectivity index (χ0) is 29.0. The van der Waals surface area contributed by atoms with Gasteiger partial charge in [-0.05, 0) is 35.4 Å². The quantitative estimate of drug-likeness (QED) is 0.185. The predicted molar refractivity (Wildman–Crippen MR) is 175 cm³/mol. The molecule has 0 atom stereocenters. The van der Waals surface area contributed by atoms with Gasteiger partial charge in [0.1, 0.15) is 5.69 Å². The Hall–Kier alpha value is -5.68. The molecule has 0 saturated carbocycles. The fraction of sp³-hybridized carbons (Fsp3) is 0.0526. The number of aromatic nitrogens is 4. The first kappa shape index (κ1) is 26.2. The van der Waals surface area contributed by atoms with Crippen LogP contribution in [0, 0.1) is 0 Å². The molecule has 0 bridgehead atoms. The minimum Gasteiger partial charge on any atom is -0.275 e. The molecule has 7 rings (SSSR count). The van der Waals surface area contributed by atoms with Gasteiger partial charge in [0.25, 0.3) is 0 Å². The maximum atomic E-state index is 5.29. The third kappa shape index (κ3) is 5.61. The molecule has 7 aromatic rings. The van der Waals surface area contributed by atoms with Crippen LogP contribution in [-0.2, 0) is 13.5 Å². The van der Waals surface area contributed by atoms with Crippen LogP contribution in [0.25, 0.3) is 33.3 Å². The highest BCUT2D eigenvalue weighted by atomic mass is 15.3. The van der Waals surface area contributed by atoms with Crippen molar-refractivity contribution in [3.8, 4) is 22.4 Å². The number of hydrogen-bond acceptors (Lipinski definition) is 4. The smallest absolute Gasteiger partial charge is 0.100 e. The van der Waals surface area contributed by atoms with Crippen LogP contribution in [0.4, 0.5) is 5.69 Å². The second kappa shape index (κ2) is 11.7. The molecular formula is C38H29N5. The first-order chi connectivity index (χ1) is 21.2. The summed E-state index contributed by atoms with van der Waals surface area (Å²) in [5.74, 6) is 0. The molecule has 43 heavy (non-hydrogen) atoms. The van der Waals surface area contributed by atoms with Crippen molar-refractivity contribution in [1.29, 1.82) is 0 Å². The Morgan fingerprint density at radius 1 is 0.698 bits per heavy atom. The van der Waals surface area contributed by atoms with E-state index < -0.39 is 0 Å².